The third-order valence-electron chi connectivity index (χ3n) is 3.27. The summed E-state index contributed by atoms with van der Waals surface area (Å²) in [7, 11) is 1.65. The predicted molar refractivity (Wildman–Crippen MR) is 85.6 cm³/mol. The number of carbonyl (C=O) groups excluding carboxylic acids is 1. The summed E-state index contributed by atoms with van der Waals surface area (Å²) in [6.07, 6.45) is 0.108. The Labute approximate surface area is 130 Å². The fourth-order valence-corrected chi connectivity index (χ4v) is 1.70. The molecule has 1 atom stereocenters. The van der Waals surface area contributed by atoms with E-state index < -0.39 is 6.10 Å². The standard InChI is InChI=1S/C15H23ClN2O3/c1-10(21-8-7-15(2,3)20-4)14(19)18-13-9-11(16)5-6-12(13)17/h5-6,9-10H,7-8,17H2,1-4H3,(H,18,19). The van der Waals surface area contributed by atoms with Gasteiger partial charge in [-0.2, -0.15) is 0 Å². The number of amides is 1. The summed E-state index contributed by atoms with van der Waals surface area (Å²) < 4.78 is 10.8. The molecular formula is C15H23ClN2O3. The quantitative estimate of drug-likeness (QED) is 0.759. The molecule has 0 bridgehead atoms. The molecule has 0 aliphatic heterocycles. The van der Waals surface area contributed by atoms with Crippen molar-refractivity contribution in [3.63, 3.8) is 0 Å². The van der Waals surface area contributed by atoms with Gasteiger partial charge in [-0.05, 0) is 45.4 Å². The number of nitrogen functional groups attached to an aromatic ring is 1. The molecule has 1 rings (SSSR count). The maximum atomic E-state index is 12.0. The number of methoxy groups -OCH3 is 1. The molecule has 21 heavy (non-hydrogen) atoms. The molecule has 3 N–H and O–H groups in total. The molecule has 1 unspecified atom stereocenters. The third kappa shape index (κ3) is 5.91. The lowest BCUT2D eigenvalue weighted by Gasteiger charge is -2.23. The van der Waals surface area contributed by atoms with Crippen LogP contribution in [0, 0.1) is 0 Å². The summed E-state index contributed by atoms with van der Waals surface area (Å²) in [5.41, 5.74) is 6.46. The fourth-order valence-electron chi connectivity index (χ4n) is 1.53. The summed E-state index contributed by atoms with van der Waals surface area (Å²) in [5.74, 6) is -0.265. The van der Waals surface area contributed by atoms with Gasteiger partial charge in [0.25, 0.3) is 5.91 Å². The number of nitrogens with one attached hydrogen (secondary N) is 1. The van der Waals surface area contributed by atoms with Crippen molar-refractivity contribution in [2.75, 3.05) is 24.8 Å². The Morgan fingerprint density at radius 3 is 2.76 bits per heavy atom. The zero-order chi connectivity index (χ0) is 16.0. The number of anilines is 2. The molecule has 0 aliphatic rings. The lowest BCUT2D eigenvalue weighted by atomic mass is 10.1. The van der Waals surface area contributed by atoms with Gasteiger partial charge in [0.1, 0.15) is 6.10 Å². The molecular weight excluding hydrogens is 292 g/mol. The number of halogens is 1. The van der Waals surface area contributed by atoms with E-state index in [1.165, 1.54) is 0 Å². The second-order valence-electron chi connectivity index (χ2n) is 5.45. The van der Waals surface area contributed by atoms with Crippen LogP contribution in [0.5, 0.6) is 0 Å². The molecule has 0 spiro atoms. The highest BCUT2D eigenvalue weighted by Gasteiger charge is 2.19. The molecule has 1 aromatic rings. The van der Waals surface area contributed by atoms with Crippen LogP contribution in [-0.4, -0.2) is 31.3 Å². The number of nitrogens with two attached hydrogens (primary N) is 1. The van der Waals surface area contributed by atoms with Gasteiger partial charge in [0.05, 0.1) is 23.6 Å². The number of benzene rings is 1. The summed E-state index contributed by atoms with van der Waals surface area (Å²) in [5, 5.41) is 3.22. The highest BCUT2D eigenvalue weighted by Crippen LogP contribution is 2.23. The molecule has 1 amide bonds. The van der Waals surface area contributed by atoms with Crippen molar-refractivity contribution >= 4 is 28.9 Å². The number of carbonyl (C=O) groups is 1. The van der Waals surface area contributed by atoms with Crippen LogP contribution in [0.25, 0.3) is 0 Å². The molecule has 0 radical (unpaired) electrons. The third-order valence-corrected chi connectivity index (χ3v) is 3.50. The molecule has 1 aromatic carbocycles. The molecule has 0 aliphatic carbocycles. The minimum Gasteiger partial charge on any atom is -0.397 e. The largest absolute Gasteiger partial charge is 0.397 e. The minimum atomic E-state index is -0.587. The lowest BCUT2D eigenvalue weighted by molar-refractivity contribution is -0.127. The Hall–Kier alpha value is -1.30. The topological polar surface area (TPSA) is 73.6 Å². The van der Waals surface area contributed by atoms with Crippen molar-refractivity contribution in [2.45, 2.75) is 38.9 Å². The van der Waals surface area contributed by atoms with Crippen LogP contribution in [0.4, 0.5) is 11.4 Å². The van der Waals surface area contributed by atoms with Gasteiger partial charge in [-0.1, -0.05) is 11.6 Å². The van der Waals surface area contributed by atoms with E-state index in [1.54, 1.807) is 32.2 Å². The lowest BCUT2D eigenvalue weighted by Crippen LogP contribution is -2.31. The van der Waals surface area contributed by atoms with E-state index >= 15 is 0 Å². The molecule has 0 heterocycles. The van der Waals surface area contributed by atoms with E-state index in [0.29, 0.717) is 29.4 Å². The number of hydrogen-bond donors (Lipinski definition) is 2. The monoisotopic (exact) mass is 314 g/mol. The van der Waals surface area contributed by atoms with Crippen molar-refractivity contribution in [1.29, 1.82) is 0 Å². The smallest absolute Gasteiger partial charge is 0.253 e. The van der Waals surface area contributed by atoms with Crippen LogP contribution in [-0.2, 0) is 14.3 Å². The van der Waals surface area contributed by atoms with E-state index in [1.807, 2.05) is 13.8 Å². The van der Waals surface area contributed by atoms with E-state index in [-0.39, 0.29) is 11.5 Å². The fraction of sp³-hybridized carbons (Fsp3) is 0.533. The zero-order valence-corrected chi connectivity index (χ0v) is 13.7. The normalized spacial score (nSPS) is 13.0. The second-order valence-corrected chi connectivity index (χ2v) is 5.88. The van der Waals surface area contributed by atoms with Crippen LogP contribution in [0.2, 0.25) is 5.02 Å². The van der Waals surface area contributed by atoms with Crippen molar-refractivity contribution in [2.24, 2.45) is 0 Å². The van der Waals surface area contributed by atoms with Crippen LogP contribution in [0.1, 0.15) is 27.2 Å². The van der Waals surface area contributed by atoms with E-state index in [0.717, 1.165) is 0 Å². The summed E-state index contributed by atoms with van der Waals surface area (Å²) >= 11 is 5.88. The average molecular weight is 315 g/mol. The summed E-state index contributed by atoms with van der Waals surface area (Å²) in [6, 6.07) is 4.92. The van der Waals surface area contributed by atoms with Gasteiger partial charge in [0.2, 0.25) is 0 Å². The van der Waals surface area contributed by atoms with Crippen LogP contribution in [0.15, 0.2) is 18.2 Å². The van der Waals surface area contributed by atoms with E-state index in [9.17, 15) is 4.79 Å². The predicted octanol–water partition coefficient (Wildman–Crippen LogP) is 3.08. The van der Waals surface area contributed by atoms with Gasteiger partial charge in [-0.3, -0.25) is 4.79 Å². The van der Waals surface area contributed by atoms with E-state index in [4.69, 9.17) is 26.8 Å². The van der Waals surface area contributed by atoms with Gasteiger partial charge in [0, 0.05) is 12.1 Å². The van der Waals surface area contributed by atoms with Crippen LogP contribution >= 0.6 is 11.6 Å². The SMILES string of the molecule is COC(C)(C)CCOC(C)C(=O)Nc1cc(Cl)ccc1N. The van der Waals surface area contributed by atoms with Crippen LogP contribution < -0.4 is 11.1 Å². The maximum Gasteiger partial charge on any atom is 0.253 e. The number of hydrogen-bond acceptors (Lipinski definition) is 4. The first-order chi connectivity index (χ1) is 9.75. The Bertz CT molecular complexity index is 492. The number of rotatable bonds is 7. The molecule has 0 saturated heterocycles. The Morgan fingerprint density at radius 1 is 1.48 bits per heavy atom. The first-order valence-corrected chi connectivity index (χ1v) is 7.15. The van der Waals surface area contributed by atoms with Crippen molar-refractivity contribution in [1.82, 2.24) is 0 Å². The summed E-state index contributed by atoms with van der Waals surface area (Å²) in [6.45, 7) is 6.05. The zero-order valence-electron chi connectivity index (χ0n) is 12.9. The molecule has 0 fully saturated rings. The van der Waals surface area contributed by atoms with Gasteiger partial charge >= 0.3 is 0 Å². The Kier molecular flexibility index (Phi) is 6.45. The van der Waals surface area contributed by atoms with Gasteiger partial charge in [-0.25, -0.2) is 0 Å². The van der Waals surface area contributed by atoms with Crippen molar-refractivity contribution in [3.8, 4) is 0 Å². The molecule has 0 saturated carbocycles. The van der Waals surface area contributed by atoms with Gasteiger partial charge < -0.3 is 20.5 Å². The average Bonchev–Trinajstić information content (AvgIpc) is 2.42. The van der Waals surface area contributed by atoms with Crippen molar-refractivity contribution < 1.29 is 14.3 Å². The Morgan fingerprint density at radius 2 is 2.14 bits per heavy atom. The highest BCUT2D eigenvalue weighted by atomic mass is 35.5. The van der Waals surface area contributed by atoms with Gasteiger partial charge in [-0.15, -0.1) is 0 Å². The van der Waals surface area contributed by atoms with Crippen LogP contribution in [0.3, 0.4) is 0 Å². The first-order valence-electron chi connectivity index (χ1n) is 6.78. The molecule has 6 heteroatoms. The summed E-state index contributed by atoms with van der Waals surface area (Å²) in [4.78, 5) is 12.0. The highest BCUT2D eigenvalue weighted by molar-refractivity contribution is 6.31. The van der Waals surface area contributed by atoms with Gasteiger partial charge in [0.15, 0.2) is 0 Å². The minimum absolute atomic E-state index is 0.265. The number of ether oxygens (including phenoxy) is 2. The molecule has 118 valence electrons. The molecule has 0 aromatic heterocycles. The van der Waals surface area contributed by atoms with E-state index in [2.05, 4.69) is 5.32 Å². The van der Waals surface area contributed by atoms with Crippen molar-refractivity contribution in [3.05, 3.63) is 23.2 Å². The maximum absolute atomic E-state index is 12.0. The first kappa shape index (κ1) is 17.8. The second kappa shape index (κ2) is 7.64. The Balaban J connectivity index is 2.50. The molecule has 5 nitrogen and oxygen atoms in total.